The summed E-state index contributed by atoms with van der Waals surface area (Å²) in [6.45, 7) is 0. The average Bonchev–Trinajstić information content (AvgIpc) is 3.19. The van der Waals surface area contributed by atoms with E-state index in [2.05, 4.69) is 175 Å². The number of nitrogens with zero attached hydrogens (tertiary/aromatic N) is 2. The number of hydrogen-bond acceptors (Lipinski definition) is 2. The lowest BCUT2D eigenvalue weighted by Gasteiger charge is -2.15. The number of aromatic nitrogens is 2. The third-order valence-corrected chi connectivity index (χ3v) is 10.1. The van der Waals surface area contributed by atoms with Crippen LogP contribution in [0.1, 0.15) is 0 Å². The van der Waals surface area contributed by atoms with Gasteiger partial charge in [-0.25, -0.2) is 4.98 Å². The summed E-state index contributed by atoms with van der Waals surface area (Å²) in [7, 11) is 0. The van der Waals surface area contributed by atoms with Gasteiger partial charge in [0.1, 0.15) is 0 Å². The van der Waals surface area contributed by atoms with E-state index >= 15 is 0 Å². The molecule has 0 amide bonds. The van der Waals surface area contributed by atoms with E-state index in [0.29, 0.717) is 0 Å². The summed E-state index contributed by atoms with van der Waals surface area (Å²) in [5, 5.41) is 9.73. The molecule has 0 aliphatic carbocycles. The molecule has 50 heavy (non-hydrogen) atoms. The molecule has 2 heteroatoms. The van der Waals surface area contributed by atoms with Crippen molar-refractivity contribution in [3.8, 4) is 44.6 Å². The minimum atomic E-state index is 0.960. The van der Waals surface area contributed by atoms with Gasteiger partial charge in [-0.1, -0.05) is 127 Å². The van der Waals surface area contributed by atoms with Crippen LogP contribution in [0.25, 0.3) is 98.8 Å². The van der Waals surface area contributed by atoms with E-state index in [1.807, 2.05) is 12.3 Å². The van der Waals surface area contributed by atoms with Crippen molar-refractivity contribution in [1.82, 2.24) is 9.97 Å². The predicted octanol–water partition coefficient (Wildman–Crippen LogP) is 12.9. The van der Waals surface area contributed by atoms with Gasteiger partial charge in [0.25, 0.3) is 0 Å². The Bertz CT molecular complexity index is 2930. The molecule has 0 aliphatic rings. The maximum atomic E-state index is 5.30. The van der Waals surface area contributed by atoms with Crippen LogP contribution in [-0.2, 0) is 0 Å². The Morgan fingerprint density at radius 1 is 0.300 bits per heavy atom. The smallest absolute Gasteiger partial charge is 0.0716 e. The highest BCUT2D eigenvalue weighted by Gasteiger charge is 2.15. The molecule has 10 aromatic rings. The Balaban J connectivity index is 1.22. The number of hydrogen-bond donors (Lipinski definition) is 0. The van der Waals surface area contributed by atoms with E-state index in [9.17, 15) is 0 Å². The van der Waals surface area contributed by atoms with E-state index in [1.165, 1.54) is 49.0 Å². The number of rotatable bonds is 4. The third kappa shape index (κ3) is 4.73. The molecule has 0 atom stereocenters. The van der Waals surface area contributed by atoms with Crippen LogP contribution in [0.5, 0.6) is 0 Å². The second-order valence-electron chi connectivity index (χ2n) is 13.0. The van der Waals surface area contributed by atoms with E-state index < -0.39 is 0 Å². The molecule has 232 valence electrons. The molecule has 0 saturated carbocycles. The first kappa shape index (κ1) is 28.4. The quantitative estimate of drug-likeness (QED) is 0.180. The molecule has 0 aliphatic heterocycles. The highest BCUT2D eigenvalue weighted by molar-refractivity contribution is 6.14. The summed E-state index contributed by atoms with van der Waals surface area (Å²) in [5.74, 6) is 0. The van der Waals surface area contributed by atoms with Crippen molar-refractivity contribution in [2.75, 3.05) is 0 Å². The SMILES string of the molecule is c1cc(-c2ccnc3ccccc23)cc(-c2cc(-c3ccc4ccccc4c3)nc3ccc(-c4cc5ccccc5c5ccccc45)cc23)c1. The zero-order valence-corrected chi connectivity index (χ0v) is 27.2. The zero-order valence-electron chi connectivity index (χ0n) is 27.2. The standard InChI is InChI=1S/C48H30N2/c1-2-11-32-26-37(21-20-31(32)10-1)48-30-44(34-14-9-13-33(27-34)39-24-25-49-46-19-8-7-18-42(39)46)45-29-36(22-23-47(45)50-48)43-28-35-12-3-4-15-38(35)40-16-5-6-17-41(40)43/h1-30H. The monoisotopic (exact) mass is 634 g/mol. The van der Waals surface area contributed by atoms with Crippen LogP contribution in [0.2, 0.25) is 0 Å². The molecule has 0 saturated heterocycles. The molecule has 2 heterocycles. The topological polar surface area (TPSA) is 25.8 Å². The summed E-state index contributed by atoms with van der Waals surface area (Å²) in [6.07, 6.45) is 1.91. The second-order valence-corrected chi connectivity index (χ2v) is 13.0. The minimum absolute atomic E-state index is 0.960. The fourth-order valence-corrected chi connectivity index (χ4v) is 7.62. The van der Waals surface area contributed by atoms with E-state index in [4.69, 9.17) is 4.98 Å². The van der Waals surface area contributed by atoms with Crippen LogP contribution >= 0.6 is 0 Å². The molecule has 0 bridgehead atoms. The summed E-state index contributed by atoms with van der Waals surface area (Å²) < 4.78 is 0. The lowest BCUT2D eigenvalue weighted by molar-refractivity contribution is 1.40. The van der Waals surface area contributed by atoms with Gasteiger partial charge in [-0.05, 0) is 114 Å². The van der Waals surface area contributed by atoms with Crippen molar-refractivity contribution in [2.45, 2.75) is 0 Å². The summed E-state index contributed by atoms with van der Waals surface area (Å²) in [6, 6.07) is 63.4. The lowest BCUT2D eigenvalue weighted by Crippen LogP contribution is -1.92. The summed E-state index contributed by atoms with van der Waals surface area (Å²) in [5.41, 5.74) is 11.1. The molecule has 8 aromatic carbocycles. The van der Waals surface area contributed by atoms with Crippen LogP contribution in [0.3, 0.4) is 0 Å². The third-order valence-electron chi connectivity index (χ3n) is 10.1. The van der Waals surface area contributed by atoms with Gasteiger partial charge in [0.15, 0.2) is 0 Å². The maximum Gasteiger partial charge on any atom is 0.0716 e. The molecular formula is C48H30N2. The Hall–Kier alpha value is -6.64. The van der Waals surface area contributed by atoms with E-state index in [0.717, 1.165) is 49.8 Å². The van der Waals surface area contributed by atoms with Crippen molar-refractivity contribution in [2.24, 2.45) is 0 Å². The molecule has 10 rings (SSSR count). The highest BCUT2D eigenvalue weighted by atomic mass is 14.7. The Morgan fingerprint density at radius 2 is 0.960 bits per heavy atom. The lowest BCUT2D eigenvalue weighted by atomic mass is 9.90. The zero-order chi connectivity index (χ0) is 33.0. The normalized spacial score (nSPS) is 11.6. The number of benzene rings is 8. The van der Waals surface area contributed by atoms with E-state index in [1.54, 1.807) is 0 Å². The Labute approximate surface area is 290 Å². The van der Waals surface area contributed by atoms with Crippen LogP contribution < -0.4 is 0 Å². The van der Waals surface area contributed by atoms with E-state index in [-0.39, 0.29) is 0 Å². The molecule has 0 unspecified atom stereocenters. The fourth-order valence-electron chi connectivity index (χ4n) is 7.62. The van der Waals surface area contributed by atoms with Gasteiger partial charge < -0.3 is 0 Å². The molecule has 0 fully saturated rings. The molecular weight excluding hydrogens is 605 g/mol. The Morgan fingerprint density at radius 3 is 1.84 bits per heavy atom. The molecule has 2 aromatic heterocycles. The van der Waals surface area contributed by atoms with Gasteiger partial charge >= 0.3 is 0 Å². The molecule has 0 N–H and O–H groups in total. The van der Waals surface area contributed by atoms with Crippen molar-refractivity contribution in [1.29, 1.82) is 0 Å². The number of pyridine rings is 2. The molecule has 0 radical (unpaired) electrons. The average molecular weight is 635 g/mol. The van der Waals surface area contributed by atoms with Crippen molar-refractivity contribution in [3.63, 3.8) is 0 Å². The van der Waals surface area contributed by atoms with Crippen molar-refractivity contribution in [3.05, 3.63) is 182 Å². The van der Waals surface area contributed by atoms with Crippen molar-refractivity contribution < 1.29 is 0 Å². The van der Waals surface area contributed by atoms with Crippen LogP contribution in [0, 0.1) is 0 Å². The van der Waals surface area contributed by atoms with Crippen LogP contribution in [0.4, 0.5) is 0 Å². The second kappa shape index (κ2) is 11.5. The highest BCUT2D eigenvalue weighted by Crippen LogP contribution is 2.40. The summed E-state index contributed by atoms with van der Waals surface area (Å²) in [4.78, 5) is 9.93. The van der Waals surface area contributed by atoms with Gasteiger partial charge in [0.05, 0.1) is 16.7 Å². The van der Waals surface area contributed by atoms with Crippen molar-refractivity contribution >= 4 is 54.1 Å². The van der Waals surface area contributed by atoms with Gasteiger partial charge in [-0.3, -0.25) is 4.98 Å². The fraction of sp³-hybridized carbons (Fsp3) is 0. The van der Waals surface area contributed by atoms with Gasteiger partial charge in [0, 0.05) is 22.5 Å². The van der Waals surface area contributed by atoms with Gasteiger partial charge in [-0.2, -0.15) is 0 Å². The number of fused-ring (bicyclic) bond motifs is 6. The largest absolute Gasteiger partial charge is 0.256 e. The summed E-state index contributed by atoms with van der Waals surface area (Å²) >= 11 is 0. The van der Waals surface area contributed by atoms with Gasteiger partial charge in [0.2, 0.25) is 0 Å². The first-order valence-corrected chi connectivity index (χ1v) is 17.1. The Kier molecular flexibility index (Phi) is 6.53. The van der Waals surface area contributed by atoms with Crippen LogP contribution in [0.15, 0.2) is 182 Å². The predicted molar refractivity (Wildman–Crippen MR) is 211 cm³/mol. The first-order chi connectivity index (χ1) is 24.8. The number of para-hydroxylation sites is 1. The first-order valence-electron chi connectivity index (χ1n) is 17.1. The van der Waals surface area contributed by atoms with Crippen LogP contribution in [-0.4, -0.2) is 9.97 Å². The maximum absolute atomic E-state index is 5.30. The molecule has 0 spiro atoms. The van der Waals surface area contributed by atoms with Gasteiger partial charge in [-0.15, -0.1) is 0 Å². The molecule has 2 nitrogen and oxygen atoms in total. The minimum Gasteiger partial charge on any atom is -0.256 e.